The van der Waals surface area contributed by atoms with E-state index in [4.69, 9.17) is 5.84 Å². The monoisotopic (exact) mass is 294 g/mol. The van der Waals surface area contributed by atoms with Crippen molar-refractivity contribution in [1.82, 2.24) is 9.97 Å². The smallest absolute Gasteiger partial charge is 0.311 e. The van der Waals surface area contributed by atoms with E-state index in [0.29, 0.717) is 12.4 Å². The van der Waals surface area contributed by atoms with Gasteiger partial charge in [0.2, 0.25) is 5.82 Å². The van der Waals surface area contributed by atoms with Crippen molar-refractivity contribution in [3.8, 4) is 0 Å². The molecule has 0 aliphatic rings. The lowest BCUT2D eigenvalue weighted by Gasteiger charge is -2.18. The molecule has 0 fully saturated rings. The van der Waals surface area contributed by atoms with Gasteiger partial charge in [-0.1, -0.05) is 0 Å². The first-order chi connectivity index (χ1) is 9.52. The summed E-state index contributed by atoms with van der Waals surface area (Å²) in [5.74, 6) is 5.93. The number of nitrogens with two attached hydrogens (primary N) is 1. The van der Waals surface area contributed by atoms with E-state index in [2.05, 4.69) is 15.4 Å². The van der Waals surface area contributed by atoms with Gasteiger partial charge in [0.25, 0.3) is 0 Å². The molecule has 0 aliphatic heterocycles. The maximum atomic E-state index is 11.1. The number of pyridine rings is 1. The second-order valence-corrected chi connectivity index (χ2v) is 5.10. The number of nitrogen functional groups attached to an aromatic ring is 1. The van der Waals surface area contributed by atoms with Gasteiger partial charge < -0.3 is 10.3 Å². The molecule has 0 saturated carbocycles. The standard InChI is InChI=1S/C11H14N6O2S/c1-7-9(20-6-13-7)5-16(2)11-8(17(18)19)3-4-10(14-11)15-12/h3-4,6H,5,12H2,1-2H3,(H,14,15). The molecular weight excluding hydrogens is 280 g/mol. The Bertz CT molecular complexity index is 629. The predicted octanol–water partition coefficient (Wildman–Crippen LogP) is 1.68. The van der Waals surface area contributed by atoms with Gasteiger partial charge in [0, 0.05) is 18.0 Å². The highest BCUT2D eigenvalue weighted by molar-refractivity contribution is 7.09. The van der Waals surface area contributed by atoms with Crippen LogP contribution in [0.2, 0.25) is 0 Å². The first-order valence-corrected chi connectivity index (χ1v) is 6.63. The van der Waals surface area contributed by atoms with E-state index in [9.17, 15) is 10.1 Å². The van der Waals surface area contributed by atoms with Crippen LogP contribution >= 0.6 is 11.3 Å². The van der Waals surface area contributed by atoms with Gasteiger partial charge in [0.1, 0.15) is 5.82 Å². The van der Waals surface area contributed by atoms with E-state index in [1.54, 1.807) is 17.5 Å². The first-order valence-electron chi connectivity index (χ1n) is 5.75. The molecule has 2 aromatic rings. The zero-order valence-corrected chi connectivity index (χ0v) is 11.8. The highest BCUT2D eigenvalue weighted by Crippen LogP contribution is 2.28. The molecule has 0 aromatic carbocycles. The Labute approximate surface area is 119 Å². The first kappa shape index (κ1) is 14.2. The van der Waals surface area contributed by atoms with Crippen molar-refractivity contribution in [3.05, 3.63) is 38.3 Å². The maximum absolute atomic E-state index is 11.1. The summed E-state index contributed by atoms with van der Waals surface area (Å²) < 4.78 is 0. The molecule has 0 saturated heterocycles. The number of hydrogen-bond donors (Lipinski definition) is 2. The van der Waals surface area contributed by atoms with Crippen LogP contribution in [-0.2, 0) is 6.54 Å². The van der Waals surface area contributed by atoms with Gasteiger partial charge in [0.05, 0.1) is 22.7 Å². The van der Waals surface area contributed by atoms with Crippen LogP contribution in [0.25, 0.3) is 0 Å². The minimum absolute atomic E-state index is 0.0614. The van der Waals surface area contributed by atoms with Gasteiger partial charge in [0.15, 0.2) is 0 Å². The van der Waals surface area contributed by atoms with E-state index in [0.717, 1.165) is 10.6 Å². The zero-order chi connectivity index (χ0) is 14.7. The topological polar surface area (TPSA) is 110 Å². The SMILES string of the molecule is Cc1ncsc1CN(C)c1nc(NN)ccc1[N+](=O)[O-]. The van der Waals surface area contributed by atoms with E-state index in [1.165, 1.54) is 23.5 Å². The fourth-order valence-corrected chi connectivity index (χ4v) is 2.54. The minimum atomic E-state index is -0.460. The normalized spacial score (nSPS) is 10.3. The molecule has 106 valence electrons. The maximum Gasteiger partial charge on any atom is 0.311 e. The molecule has 0 bridgehead atoms. The number of aryl methyl sites for hydroxylation is 1. The quantitative estimate of drug-likeness (QED) is 0.490. The van der Waals surface area contributed by atoms with Crippen molar-refractivity contribution in [2.45, 2.75) is 13.5 Å². The predicted molar refractivity (Wildman–Crippen MR) is 77.7 cm³/mol. The number of nitro groups is 1. The third-order valence-corrected chi connectivity index (χ3v) is 3.71. The van der Waals surface area contributed by atoms with Crippen molar-refractivity contribution in [2.24, 2.45) is 5.84 Å². The average Bonchev–Trinajstić information content (AvgIpc) is 2.83. The number of thiazole rings is 1. The summed E-state index contributed by atoms with van der Waals surface area (Å²) in [5, 5.41) is 11.1. The van der Waals surface area contributed by atoms with Gasteiger partial charge in [-0.25, -0.2) is 15.8 Å². The van der Waals surface area contributed by atoms with Gasteiger partial charge in [-0.15, -0.1) is 11.3 Å². The molecule has 0 unspecified atom stereocenters. The number of hydrazine groups is 1. The fraction of sp³-hybridized carbons (Fsp3) is 0.273. The summed E-state index contributed by atoms with van der Waals surface area (Å²) in [6.45, 7) is 2.40. The van der Waals surface area contributed by atoms with Crippen LogP contribution in [0.3, 0.4) is 0 Å². The molecule has 2 heterocycles. The number of hydrogen-bond acceptors (Lipinski definition) is 8. The Kier molecular flexibility index (Phi) is 4.11. The molecule has 2 aromatic heterocycles. The Balaban J connectivity index is 2.34. The highest BCUT2D eigenvalue weighted by atomic mass is 32.1. The third-order valence-electron chi connectivity index (χ3n) is 2.79. The molecule has 8 nitrogen and oxygen atoms in total. The lowest BCUT2D eigenvalue weighted by molar-refractivity contribution is -0.384. The van der Waals surface area contributed by atoms with Crippen molar-refractivity contribution >= 4 is 28.7 Å². The van der Waals surface area contributed by atoms with Crippen LogP contribution in [0.15, 0.2) is 17.6 Å². The number of aromatic nitrogens is 2. The number of anilines is 2. The summed E-state index contributed by atoms with van der Waals surface area (Å²) in [6, 6.07) is 2.85. The van der Waals surface area contributed by atoms with Gasteiger partial charge in [-0.3, -0.25) is 10.1 Å². The lowest BCUT2D eigenvalue weighted by Crippen LogP contribution is -2.20. The van der Waals surface area contributed by atoms with Crippen molar-refractivity contribution in [3.63, 3.8) is 0 Å². The Morgan fingerprint density at radius 1 is 1.55 bits per heavy atom. The second kappa shape index (κ2) is 5.80. The van der Waals surface area contributed by atoms with E-state index in [-0.39, 0.29) is 11.5 Å². The van der Waals surface area contributed by atoms with Gasteiger partial charge >= 0.3 is 5.69 Å². The second-order valence-electron chi connectivity index (χ2n) is 4.16. The molecule has 3 N–H and O–H groups in total. The van der Waals surface area contributed by atoms with Crippen LogP contribution in [0.4, 0.5) is 17.3 Å². The van der Waals surface area contributed by atoms with Crippen LogP contribution in [0, 0.1) is 17.0 Å². The molecular formula is C11H14N6O2S. The summed E-state index contributed by atoms with van der Waals surface area (Å²) in [7, 11) is 1.74. The van der Waals surface area contributed by atoms with E-state index >= 15 is 0 Å². The van der Waals surface area contributed by atoms with Crippen LogP contribution in [0.1, 0.15) is 10.6 Å². The highest BCUT2D eigenvalue weighted by Gasteiger charge is 2.20. The van der Waals surface area contributed by atoms with Crippen LogP contribution in [0.5, 0.6) is 0 Å². The average molecular weight is 294 g/mol. The Hall–Kier alpha value is -2.26. The van der Waals surface area contributed by atoms with Crippen molar-refractivity contribution < 1.29 is 4.92 Å². The summed E-state index contributed by atoms with van der Waals surface area (Å²) in [5.41, 5.74) is 4.99. The minimum Gasteiger partial charge on any atom is -0.349 e. The summed E-state index contributed by atoms with van der Waals surface area (Å²) in [6.07, 6.45) is 0. The number of rotatable bonds is 5. The lowest BCUT2D eigenvalue weighted by atomic mass is 10.3. The Morgan fingerprint density at radius 2 is 2.30 bits per heavy atom. The largest absolute Gasteiger partial charge is 0.349 e. The molecule has 0 radical (unpaired) electrons. The molecule has 0 aliphatic carbocycles. The third kappa shape index (κ3) is 2.83. The van der Waals surface area contributed by atoms with E-state index in [1.807, 2.05) is 6.92 Å². The van der Waals surface area contributed by atoms with Crippen molar-refractivity contribution in [2.75, 3.05) is 17.4 Å². The molecule has 2 rings (SSSR count). The zero-order valence-electron chi connectivity index (χ0n) is 11.0. The molecule has 0 amide bonds. The molecule has 9 heteroatoms. The van der Waals surface area contributed by atoms with E-state index < -0.39 is 4.92 Å². The van der Waals surface area contributed by atoms with Crippen LogP contribution < -0.4 is 16.2 Å². The van der Waals surface area contributed by atoms with Gasteiger partial charge in [-0.05, 0) is 13.0 Å². The number of nitrogens with zero attached hydrogens (tertiary/aromatic N) is 4. The molecule has 20 heavy (non-hydrogen) atoms. The fourth-order valence-electron chi connectivity index (χ4n) is 1.71. The Morgan fingerprint density at radius 3 is 2.85 bits per heavy atom. The molecule has 0 spiro atoms. The van der Waals surface area contributed by atoms with Crippen molar-refractivity contribution in [1.29, 1.82) is 0 Å². The summed E-state index contributed by atoms with van der Waals surface area (Å²) >= 11 is 1.51. The van der Waals surface area contributed by atoms with Gasteiger partial charge in [-0.2, -0.15) is 0 Å². The summed E-state index contributed by atoms with van der Waals surface area (Å²) in [4.78, 5) is 21.7. The van der Waals surface area contributed by atoms with Crippen LogP contribution in [-0.4, -0.2) is 21.9 Å². The molecule has 0 atom stereocenters. The number of nitrogens with one attached hydrogen (secondary N) is 1.